The molecule has 140 valence electrons. The molecule has 2 amide bonds. The molecule has 8 heteroatoms. The molecule has 7 nitrogen and oxygen atoms in total. The molecule has 1 rings (SSSR count). The first kappa shape index (κ1) is 22.9. The molecule has 1 fully saturated rings. The monoisotopic (exact) mass is 453 g/mol. The van der Waals surface area contributed by atoms with Gasteiger partial charge in [0.25, 0.3) is 0 Å². The molecule has 0 aromatic rings. The highest BCUT2D eigenvalue weighted by Crippen LogP contribution is 2.15. The number of hydrogen-bond donors (Lipinski definition) is 3. The first-order valence-electron chi connectivity index (χ1n) is 8.37. The number of halogens is 1. The fourth-order valence-corrected chi connectivity index (χ4v) is 2.39. The number of nitrogens with one attached hydrogen (secondary N) is 3. The Balaban J connectivity index is 0.00000529. The summed E-state index contributed by atoms with van der Waals surface area (Å²) in [6.45, 7) is 10.1. The van der Waals surface area contributed by atoms with Gasteiger partial charge in [0.2, 0.25) is 11.8 Å². The van der Waals surface area contributed by atoms with Crippen LogP contribution in [0.15, 0.2) is 4.99 Å². The summed E-state index contributed by atoms with van der Waals surface area (Å²) < 4.78 is 0. The Morgan fingerprint density at radius 3 is 2.46 bits per heavy atom. The number of nitrogens with zero attached hydrogens (tertiary/aromatic N) is 2. The van der Waals surface area contributed by atoms with Crippen molar-refractivity contribution < 1.29 is 9.59 Å². The first-order valence-corrected chi connectivity index (χ1v) is 8.37. The fraction of sp³-hybridized carbons (Fsp3) is 0.812. The third-order valence-corrected chi connectivity index (χ3v) is 3.90. The van der Waals surface area contributed by atoms with Gasteiger partial charge in [0, 0.05) is 39.1 Å². The van der Waals surface area contributed by atoms with Crippen LogP contribution in [0.5, 0.6) is 0 Å². The average molecular weight is 453 g/mol. The Bertz CT molecular complexity index is 454. The Kier molecular flexibility index (Phi) is 10.3. The standard InChI is InChI=1S/C16H31N5O2.HI/c1-6-17-14(23)16(3,4)11-19-15(18-7-2)20-12-8-9-13(22)21(5)10-12;/h12H,6-11H2,1-5H3,(H,17,23)(H2,18,19,20);1H. The lowest BCUT2D eigenvalue weighted by Gasteiger charge is -2.31. The number of carbonyl (C=O) groups excluding carboxylic acids is 2. The molecule has 1 heterocycles. The topological polar surface area (TPSA) is 85.8 Å². The molecule has 0 aromatic carbocycles. The van der Waals surface area contributed by atoms with Gasteiger partial charge < -0.3 is 20.9 Å². The van der Waals surface area contributed by atoms with Crippen LogP contribution in [0, 0.1) is 5.41 Å². The molecule has 1 atom stereocenters. The minimum absolute atomic E-state index is 0. The van der Waals surface area contributed by atoms with Crippen LogP contribution >= 0.6 is 24.0 Å². The van der Waals surface area contributed by atoms with Gasteiger partial charge in [0.15, 0.2) is 5.96 Å². The second-order valence-corrected chi connectivity index (χ2v) is 6.59. The van der Waals surface area contributed by atoms with E-state index in [1.165, 1.54) is 0 Å². The van der Waals surface area contributed by atoms with Gasteiger partial charge in [0.05, 0.1) is 12.0 Å². The number of rotatable bonds is 6. The van der Waals surface area contributed by atoms with E-state index in [9.17, 15) is 9.59 Å². The van der Waals surface area contributed by atoms with Gasteiger partial charge in [0.1, 0.15) is 0 Å². The normalized spacial score (nSPS) is 18.7. The quantitative estimate of drug-likeness (QED) is 0.318. The van der Waals surface area contributed by atoms with Crippen LogP contribution in [0.2, 0.25) is 0 Å². The maximum absolute atomic E-state index is 12.0. The highest BCUT2D eigenvalue weighted by Gasteiger charge is 2.27. The van der Waals surface area contributed by atoms with Crippen molar-refractivity contribution in [2.75, 3.05) is 33.2 Å². The molecule has 0 bridgehead atoms. The molecule has 24 heavy (non-hydrogen) atoms. The Morgan fingerprint density at radius 2 is 1.92 bits per heavy atom. The van der Waals surface area contributed by atoms with Crippen molar-refractivity contribution >= 4 is 41.8 Å². The van der Waals surface area contributed by atoms with E-state index in [0.717, 1.165) is 13.0 Å². The minimum Gasteiger partial charge on any atom is -0.357 e. The molecule has 0 radical (unpaired) electrons. The molecule has 0 aliphatic carbocycles. The van der Waals surface area contributed by atoms with Crippen molar-refractivity contribution in [3.8, 4) is 0 Å². The van der Waals surface area contributed by atoms with Crippen molar-refractivity contribution in [2.45, 2.75) is 46.6 Å². The summed E-state index contributed by atoms with van der Waals surface area (Å²) >= 11 is 0. The van der Waals surface area contributed by atoms with E-state index in [1.54, 1.807) is 4.90 Å². The summed E-state index contributed by atoms with van der Waals surface area (Å²) in [6, 6.07) is 0.183. The van der Waals surface area contributed by atoms with Crippen LogP contribution in [0.3, 0.4) is 0 Å². The van der Waals surface area contributed by atoms with Gasteiger partial charge in [-0.3, -0.25) is 14.6 Å². The molecular formula is C16H32IN5O2. The van der Waals surface area contributed by atoms with Crippen LogP contribution in [0.4, 0.5) is 0 Å². The van der Waals surface area contributed by atoms with E-state index >= 15 is 0 Å². The number of carbonyl (C=O) groups is 2. The summed E-state index contributed by atoms with van der Waals surface area (Å²) in [7, 11) is 1.82. The van der Waals surface area contributed by atoms with Gasteiger partial charge >= 0.3 is 0 Å². The number of likely N-dealkylation sites (N-methyl/N-ethyl adjacent to an activating group) is 1. The zero-order chi connectivity index (χ0) is 17.5. The second-order valence-electron chi connectivity index (χ2n) is 6.59. The van der Waals surface area contributed by atoms with Crippen molar-refractivity contribution in [1.29, 1.82) is 0 Å². The maximum Gasteiger partial charge on any atom is 0.227 e. The lowest BCUT2D eigenvalue weighted by atomic mass is 9.92. The highest BCUT2D eigenvalue weighted by atomic mass is 127. The van der Waals surface area contributed by atoms with E-state index in [2.05, 4.69) is 20.9 Å². The van der Waals surface area contributed by atoms with Gasteiger partial charge in [-0.1, -0.05) is 0 Å². The van der Waals surface area contributed by atoms with Crippen LogP contribution in [-0.4, -0.2) is 61.9 Å². The third kappa shape index (κ3) is 7.23. The van der Waals surface area contributed by atoms with Gasteiger partial charge in [-0.15, -0.1) is 24.0 Å². The summed E-state index contributed by atoms with van der Waals surface area (Å²) in [5.74, 6) is 0.877. The number of likely N-dealkylation sites (tertiary alicyclic amines) is 1. The van der Waals surface area contributed by atoms with Crippen molar-refractivity contribution in [2.24, 2.45) is 10.4 Å². The Labute approximate surface area is 162 Å². The molecule has 1 aliphatic rings. The number of aliphatic imine (C=N–C) groups is 1. The zero-order valence-corrected chi connectivity index (χ0v) is 17.8. The van der Waals surface area contributed by atoms with Crippen LogP contribution in [-0.2, 0) is 9.59 Å². The minimum atomic E-state index is -0.558. The van der Waals surface area contributed by atoms with E-state index in [-0.39, 0.29) is 41.8 Å². The smallest absolute Gasteiger partial charge is 0.227 e. The van der Waals surface area contributed by atoms with E-state index in [4.69, 9.17) is 0 Å². The molecular weight excluding hydrogens is 421 g/mol. The predicted molar refractivity (Wildman–Crippen MR) is 108 cm³/mol. The van der Waals surface area contributed by atoms with Crippen molar-refractivity contribution in [3.05, 3.63) is 0 Å². The number of hydrogen-bond acceptors (Lipinski definition) is 3. The van der Waals surface area contributed by atoms with Gasteiger partial charge in [-0.25, -0.2) is 0 Å². The second kappa shape index (κ2) is 10.7. The average Bonchev–Trinajstić information content (AvgIpc) is 2.49. The molecule has 0 saturated carbocycles. The van der Waals surface area contributed by atoms with E-state index in [1.807, 2.05) is 34.7 Å². The van der Waals surface area contributed by atoms with Crippen LogP contribution < -0.4 is 16.0 Å². The number of piperidine rings is 1. The maximum atomic E-state index is 12.0. The van der Waals surface area contributed by atoms with E-state index < -0.39 is 5.41 Å². The SMILES string of the molecule is CCNC(=O)C(C)(C)CN=C(NCC)NC1CCC(=O)N(C)C1.I. The zero-order valence-electron chi connectivity index (χ0n) is 15.4. The Hall–Kier alpha value is -1.06. The predicted octanol–water partition coefficient (Wildman–Crippen LogP) is 0.943. The summed E-state index contributed by atoms with van der Waals surface area (Å²) in [5.41, 5.74) is -0.558. The lowest BCUT2D eigenvalue weighted by Crippen LogP contribution is -2.52. The largest absolute Gasteiger partial charge is 0.357 e. The van der Waals surface area contributed by atoms with Gasteiger partial charge in [-0.05, 0) is 34.1 Å². The summed E-state index contributed by atoms with van der Waals surface area (Å²) in [6.07, 6.45) is 1.35. The highest BCUT2D eigenvalue weighted by molar-refractivity contribution is 14.0. The van der Waals surface area contributed by atoms with Gasteiger partial charge in [-0.2, -0.15) is 0 Å². The molecule has 0 aromatic heterocycles. The molecule has 1 aliphatic heterocycles. The van der Waals surface area contributed by atoms with Crippen LogP contribution in [0.1, 0.15) is 40.5 Å². The molecule has 3 N–H and O–H groups in total. The molecule has 0 spiro atoms. The summed E-state index contributed by atoms with van der Waals surface area (Å²) in [5, 5.41) is 9.41. The third-order valence-electron chi connectivity index (χ3n) is 3.90. The number of guanidine groups is 1. The lowest BCUT2D eigenvalue weighted by molar-refractivity contribution is -0.132. The van der Waals surface area contributed by atoms with Crippen LogP contribution in [0.25, 0.3) is 0 Å². The first-order chi connectivity index (χ1) is 10.8. The fourth-order valence-electron chi connectivity index (χ4n) is 2.39. The van der Waals surface area contributed by atoms with Crippen molar-refractivity contribution in [1.82, 2.24) is 20.9 Å². The van der Waals surface area contributed by atoms with E-state index in [0.29, 0.717) is 32.0 Å². The summed E-state index contributed by atoms with van der Waals surface area (Å²) in [4.78, 5) is 29.9. The molecule has 1 unspecified atom stereocenters. The Morgan fingerprint density at radius 1 is 1.29 bits per heavy atom. The van der Waals surface area contributed by atoms with Crippen molar-refractivity contribution in [3.63, 3.8) is 0 Å². The molecule has 1 saturated heterocycles. The number of amides is 2.